The van der Waals surface area contributed by atoms with Gasteiger partial charge in [-0.1, -0.05) is 13.3 Å². The summed E-state index contributed by atoms with van der Waals surface area (Å²) in [5, 5.41) is 1.02. The van der Waals surface area contributed by atoms with Crippen molar-refractivity contribution in [1.82, 2.24) is 4.98 Å². The number of nitrogens with zero attached hydrogens (tertiary/aromatic N) is 2. The Bertz CT molecular complexity index is 384. The first-order valence-electron chi connectivity index (χ1n) is 7.11. The number of hydrogen-bond acceptors (Lipinski definition) is 6. The molecular formula is C14H27N3O2S. The van der Waals surface area contributed by atoms with E-state index in [1.807, 2.05) is 0 Å². The summed E-state index contributed by atoms with van der Waals surface area (Å²) in [4.78, 5) is 8.22. The molecule has 0 saturated carbocycles. The third kappa shape index (κ3) is 4.70. The van der Waals surface area contributed by atoms with E-state index < -0.39 is 0 Å². The fraction of sp³-hybridized carbons (Fsp3) is 0.786. The number of aromatic nitrogens is 1. The van der Waals surface area contributed by atoms with Gasteiger partial charge < -0.3 is 20.1 Å². The summed E-state index contributed by atoms with van der Waals surface area (Å²) < 4.78 is 10.5. The van der Waals surface area contributed by atoms with E-state index in [1.165, 1.54) is 4.88 Å². The maximum Gasteiger partial charge on any atom is 0.186 e. The molecule has 1 heterocycles. The molecule has 1 unspecified atom stereocenters. The summed E-state index contributed by atoms with van der Waals surface area (Å²) >= 11 is 1.69. The molecule has 1 aromatic rings. The van der Waals surface area contributed by atoms with Crippen molar-refractivity contribution in [3.05, 3.63) is 10.6 Å². The summed E-state index contributed by atoms with van der Waals surface area (Å²) in [6.07, 6.45) is 2.07. The Morgan fingerprint density at radius 2 is 2.10 bits per heavy atom. The molecule has 0 amide bonds. The molecule has 0 fully saturated rings. The highest BCUT2D eigenvalue weighted by atomic mass is 32.1. The van der Waals surface area contributed by atoms with Gasteiger partial charge in [-0.05, 0) is 13.3 Å². The number of nitrogens with two attached hydrogens (primary N) is 1. The molecule has 5 nitrogen and oxygen atoms in total. The third-order valence-corrected chi connectivity index (χ3v) is 4.32. The molecule has 0 aliphatic heterocycles. The number of ether oxygens (including phenoxy) is 2. The molecule has 116 valence electrons. The number of rotatable bonds is 10. The first-order valence-corrected chi connectivity index (χ1v) is 7.92. The van der Waals surface area contributed by atoms with Gasteiger partial charge in [-0.25, -0.2) is 4.98 Å². The van der Waals surface area contributed by atoms with E-state index in [0.29, 0.717) is 19.8 Å². The summed E-state index contributed by atoms with van der Waals surface area (Å²) in [6.45, 7) is 7.02. The van der Waals surface area contributed by atoms with Crippen LogP contribution in [0.1, 0.15) is 30.8 Å². The Labute approximate surface area is 126 Å². The quantitative estimate of drug-likeness (QED) is 0.716. The Hall–Kier alpha value is -0.690. The molecule has 1 rings (SSSR count). The summed E-state index contributed by atoms with van der Waals surface area (Å²) in [6, 6.07) is 0.265. The van der Waals surface area contributed by atoms with E-state index in [2.05, 4.69) is 18.7 Å². The lowest BCUT2D eigenvalue weighted by molar-refractivity contribution is 0.171. The highest BCUT2D eigenvalue weighted by Gasteiger charge is 2.20. The van der Waals surface area contributed by atoms with Gasteiger partial charge in [-0.2, -0.15) is 0 Å². The molecule has 1 atom stereocenters. The molecule has 2 N–H and O–H groups in total. The highest BCUT2D eigenvalue weighted by Crippen LogP contribution is 2.28. The van der Waals surface area contributed by atoms with Crippen LogP contribution >= 0.6 is 11.3 Å². The summed E-state index contributed by atoms with van der Waals surface area (Å²) in [5.74, 6) is 0. The van der Waals surface area contributed by atoms with Crippen LogP contribution in [0.5, 0.6) is 0 Å². The number of hydrogen-bond donors (Lipinski definition) is 1. The third-order valence-electron chi connectivity index (χ3n) is 3.16. The zero-order valence-corrected chi connectivity index (χ0v) is 13.8. The van der Waals surface area contributed by atoms with Crippen molar-refractivity contribution < 1.29 is 9.47 Å². The van der Waals surface area contributed by atoms with Crippen LogP contribution in [-0.2, 0) is 22.4 Å². The Kier molecular flexibility index (Phi) is 8.06. The van der Waals surface area contributed by atoms with Gasteiger partial charge in [-0.15, -0.1) is 11.3 Å². The topological polar surface area (TPSA) is 60.6 Å². The minimum atomic E-state index is 0.265. The molecule has 1 aromatic heterocycles. The minimum Gasteiger partial charge on any atom is -0.383 e. The monoisotopic (exact) mass is 301 g/mol. The van der Waals surface area contributed by atoms with E-state index >= 15 is 0 Å². The van der Waals surface area contributed by atoms with E-state index in [-0.39, 0.29) is 6.04 Å². The first kappa shape index (κ1) is 17.4. The van der Waals surface area contributed by atoms with Crippen LogP contribution in [0.25, 0.3) is 0 Å². The SMILES string of the molecule is CCCc1nc(N(CCOC)C(C)COC)sc1CN. The standard InChI is InChI=1S/C14H27N3O2S/c1-5-6-12-13(9-15)20-14(16-12)17(7-8-18-3)11(2)10-19-4/h11H,5-10,15H2,1-4H3. The van der Waals surface area contributed by atoms with Gasteiger partial charge in [0.15, 0.2) is 5.13 Å². The normalized spacial score (nSPS) is 12.7. The first-order chi connectivity index (χ1) is 9.67. The minimum absolute atomic E-state index is 0.265. The van der Waals surface area contributed by atoms with Crippen LogP contribution in [0.2, 0.25) is 0 Å². The lowest BCUT2D eigenvalue weighted by Crippen LogP contribution is -2.38. The van der Waals surface area contributed by atoms with Crippen LogP contribution in [0.3, 0.4) is 0 Å². The van der Waals surface area contributed by atoms with Crippen LogP contribution in [-0.4, -0.2) is 45.0 Å². The zero-order valence-electron chi connectivity index (χ0n) is 13.0. The van der Waals surface area contributed by atoms with E-state index in [1.54, 1.807) is 25.6 Å². The second kappa shape index (κ2) is 9.28. The van der Waals surface area contributed by atoms with Gasteiger partial charge in [0.05, 0.1) is 24.9 Å². The molecule has 20 heavy (non-hydrogen) atoms. The van der Waals surface area contributed by atoms with Gasteiger partial charge in [0.25, 0.3) is 0 Å². The van der Waals surface area contributed by atoms with Crippen molar-refractivity contribution in [2.24, 2.45) is 5.73 Å². The maximum atomic E-state index is 5.83. The van der Waals surface area contributed by atoms with Crippen molar-refractivity contribution >= 4 is 16.5 Å². The van der Waals surface area contributed by atoms with Gasteiger partial charge in [0.2, 0.25) is 0 Å². The highest BCUT2D eigenvalue weighted by molar-refractivity contribution is 7.15. The van der Waals surface area contributed by atoms with Crippen molar-refractivity contribution in [2.45, 2.75) is 39.3 Å². The van der Waals surface area contributed by atoms with Gasteiger partial charge in [0.1, 0.15) is 0 Å². The molecule has 0 saturated heterocycles. The zero-order chi connectivity index (χ0) is 15.0. The van der Waals surface area contributed by atoms with E-state index in [4.69, 9.17) is 20.2 Å². The number of aryl methyl sites for hydroxylation is 1. The van der Waals surface area contributed by atoms with Gasteiger partial charge >= 0.3 is 0 Å². The van der Waals surface area contributed by atoms with Gasteiger partial charge in [0, 0.05) is 32.2 Å². The fourth-order valence-corrected chi connectivity index (χ4v) is 3.22. The van der Waals surface area contributed by atoms with Crippen molar-refractivity contribution in [3.8, 4) is 0 Å². The van der Waals surface area contributed by atoms with Crippen LogP contribution in [0, 0.1) is 0 Å². The molecule has 6 heteroatoms. The van der Waals surface area contributed by atoms with Crippen molar-refractivity contribution in [2.75, 3.05) is 38.9 Å². The predicted octanol–water partition coefficient (Wildman–Crippen LogP) is 2.04. The van der Waals surface area contributed by atoms with E-state index in [9.17, 15) is 0 Å². The maximum absolute atomic E-state index is 5.83. The largest absolute Gasteiger partial charge is 0.383 e. The molecule has 0 spiro atoms. The lowest BCUT2D eigenvalue weighted by Gasteiger charge is -2.28. The second-order valence-corrected chi connectivity index (χ2v) is 5.87. The molecule has 0 aromatic carbocycles. The Morgan fingerprint density at radius 1 is 1.35 bits per heavy atom. The second-order valence-electron chi connectivity index (χ2n) is 4.81. The van der Waals surface area contributed by atoms with Gasteiger partial charge in [-0.3, -0.25) is 0 Å². The smallest absolute Gasteiger partial charge is 0.186 e. The number of methoxy groups -OCH3 is 2. The fourth-order valence-electron chi connectivity index (χ4n) is 2.11. The van der Waals surface area contributed by atoms with Crippen LogP contribution in [0.4, 0.5) is 5.13 Å². The molecular weight excluding hydrogens is 274 g/mol. The molecule has 0 aliphatic rings. The predicted molar refractivity (Wildman–Crippen MR) is 84.6 cm³/mol. The molecule has 0 radical (unpaired) electrons. The lowest BCUT2D eigenvalue weighted by atomic mass is 10.2. The summed E-state index contributed by atoms with van der Waals surface area (Å²) in [7, 11) is 3.44. The van der Waals surface area contributed by atoms with Crippen LogP contribution in [0.15, 0.2) is 0 Å². The van der Waals surface area contributed by atoms with Crippen molar-refractivity contribution in [3.63, 3.8) is 0 Å². The Balaban J connectivity index is 2.93. The molecule has 0 bridgehead atoms. The van der Waals surface area contributed by atoms with Crippen molar-refractivity contribution in [1.29, 1.82) is 0 Å². The summed E-state index contributed by atoms with van der Waals surface area (Å²) in [5.41, 5.74) is 6.97. The average molecular weight is 301 g/mol. The Morgan fingerprint density at radius 3 is 2.65 bits per heavy atom. The van der Waals surface area contributed by atoms with Crippen LogP contribution < -0.4 is 10.6 Å². The number of thiazole rings is 1. The average Bonchev–Trinajstić information content (AvgIpc) is 2.83. The van der Waals surface area contributed by atoms with E-state index in [0.717, 1.165) is 30.2 Å². The molecule has 0 aliphatic carbocycles. The number of anilines is 1.